The van der Waals surface area contributed by atoms with E-state index in [0.29, 0.717) is 13.2 Å². The van der Waals surface area contributed by atoms with Crippen LogP contribution in [0.15, 0.2) is 0 Å². The molecule has 16 heavy (non-hydrogen) atoms. The van der Waals surface area contributed by atoms with Crippen LogP contribution in [0.2, 0.25) is 0 Å². The van der Waals surface area contributed by atoms with Crippen LogP contribution in [0.4, 0.5) is 0 Å². The number of nitrogens with zero attached hydrogens (tertiary/aromatic N) is 1. The topological polar surface area (TPSA) is 45.0 Å². The molecule has 0 radical (unpaired) electrons. The first-order valence-electron chi connectivity index (χ1n) is 5.92. The van der Waals surface area contributed by atoms with Crippen LogP contribution in [0, 0.1) is 27.6 Å². The highest BCUT2D eigenvalue weighted by atomic mass is 16.5. The van der Waals surface area contributed by atoms with Gasteiger partial charge in [0.2, 0.25) is 0 Å². The summed E-state index contributed by atoms with van der Waals surface area (Å²) in [6, 6.07) is 2.35. The lowest BCUT2D eigenvalue weighted by molar-refractivity contribution is -0.0767. The number of nitriles is 1. The van der Waals surface area contributed by atoms with E-state index >= 15 is 0 Å². The number of nitrogens with one attached hydrogen (secondary N) is 1. The largest absolute Gasteiger partial charge is 0.378 e. The summed E-state index contributed by atoms with van der Waals surface area (Å²) in [4.78, 5) is 0. The Balaban J connectivity index is 2.39. The maximum absolute atomic E-state index is 9.06. The van der Waals surface area contributed by atoms with Gasteiger partial charge in [0.05, 0.1) is 19.3 Å². The molecule has 0 unspecified atom stereocenters. The Hall–Kier alpha value is -0.590. The van der Waals surface area contributed by atoms with E-state index < -0.39 is 0 Å². The van der Waals surface area contributed by atoms with Crippen LogP contribution >= 0.6 is 0 Å². The predicted octanol–water partition coefficient (Wildman–Crippen LogP) is 2.19. The van der Waals surface area contributed by atoms with Crippen molar-refractivity contribution in [2.45, 2.75) is 34.6 Å². The summed E-state index contributed by atoms with van der Waals surface area (Å²) in [6.07, 6.45) is 0. The third-order valence-corrected chi connectivity index (χ3v) is 4.05. The smallest absolute Gasteiger partial charge is 0.116 e. The average molecular weight is 224 g/mol. The molecular formula is C13H24N2O. The molecular weight excluding hydrogens is 200 g/mol. The number of hydrogen-bond acceptors (Lipinski definition) is 3. The summed E-state index contributed by atoms with van der Waals surface area (Å²) in [6.45, 7) is 14.1. The van der Waals surface area contributed by atoms with E-state index in [-0.39, 0.29) is 16.2 Å². The summed E-state index contributed by atoms with van der Waals surface area (Å²) in [5, 5.41) is 12.5. The molecule has 0 bridgehead atoms. The monoisotopic (exact) mass is 224 g/mol. The minimum Gasteiger partial charge on any atom is -0.378 e. The molecule has 0 aromatic carbocycles. The van der Waals surface area contributed by atoms with Crippen molar-refractivity contribution in [2.24, 2.45) is 16.2 Å². The Bertz CT molecular complexity index is 279. The summed E-state index contributed by atoms with van der Waals surface area (Å²) < 4.78 is 5.12. The van der Waals surface area contributed by atoms with Gasteiger partial charge in [-0.3, -0.25) is 0 Å². The minimum absolute atomic E-state index is 0.217. The van der Waals surface area contributed by atoms with Crippen LogP contribution in [0.3, 0.4) is 0 Å². The first kappa shape index (κ1) is 13.5. The Labute approximate surface area is 99.2 Å². The molecule has 0 aromatic rings. The molecule has 1 rings (SSSR count). The molecule has 1 saturated heterocycles. The quantitative estimate of drug-likeness (QED) is 0.796. The molecule has 1 heterocycles. The summed E-state index contributed by atoms with van der Waals surface area (Å²) in [7, 11) is 0. The fourth-order valence-electron chi connectivity index (χ4n) is 1.43. The number of hydrogen-bond donors (Lipinski definition) is 1. The van der Waals surface area contributed by atoms with Gasteiger partial charge in [0.1, 0.15) is 5.41 Å². The highest BCUT2D eigenvalue weighted by Crippen LogP contribution is 2.37. The lowest BCUT2D eigenvalue weighted by Gasteiger charge is -2.41. The molecule has 1 aliphatic heterocycles. The lowest BCUT2D eigenvalue weighted by atomic mass is 9.69. The third-order valence-electron chi connectivity index (χ3n) is 4.05. The third kappa shape index (κ3) is 2.75. The van der Waals surface area contributed by atoms with Crippen molar-refractivity contribution in [3.63, 3.8) is 0 Å². The Morgan fingerprint density at radius 3 is 2.12 bits per heavy atom. The molecule has 0 aromatic heterocycles. The zero-order valence-corrected chi connectivity index (χ0v) is 11.2. The second kappa shape index (κ2) is 4.35. The van der Waals surface area contributed by atoms with E-state index in [9.17, 15) is 0 Å². The molecule has 1 fully saturated rings. The second-order valence-corrected chi connectivity index (χ2v) is 6.62. The lowest BCUT2D eigenvalue weighted by Crippen LogP contribution is -2.51. The second-order valence-electron chi connectivity index (χ2n) is 6.62. The molecule has 0 spiro atoms. The summed E-state index contributed by atoms with van der Waals surface area (Å²) in [5.74, 6) is 0. The van der Waals surface area contributed by atoms with Gasteiger partial charge < -0.3 is 10.1 Å². The van der Waals surface area contributed by atoms with Crippen LogP contribution in [0.5, 0.6) is 0 Å². The Morgan fingerprint density at radius 2 is 1.81 bits per heavy atom. The van der Waals surface area contributed by atoms with Gasteiger partial charge in [-0.15, -0.1) is 0 Å². The van der Waals surface area contributed by atoms with Crippen LogP contribution in [-0.4, -0.2) is 26.3 Å². The molecule has 0 amide bonds. The zero-order chi connectivity index (χ0) is 12.4. The molecule has 0 aliphatic carbocycles. The van der Waals surface area contributed by atoms with E-state index in [2.05, 4.69) is 46.0 Å². The van der Waals surface area contributed by atoms with Crippen molar-refractivity contribution in [2.75, 3.05) is 26.3 Å². The van der Waals surface area contributed by atoms with Crippen LogP contribution in [0.25, 0.3) is 0 Å². The van der Waals surface area contributed by atoms with Crippen LogP contribution in [0.1, 0.15) is 34.6 Å². The van der Waals surface area contributed by atoms with E-state index in [4.69, 9.17) is 10.00 Å². The molecule has 3 nitrogen and oxygen atoms in total. The van der Waals surface area contributed by atoms with E-state index in [1.54, 1.807) is 0 Å². The van der Waals surface area contributed by atoms with Crippen molar-refractivity contribution in [3.05, 3.63) is 0 Å². The van der Waals surface area contributed by atoms with Gasteiger partial charge >= 0.3 is 0 Å². The van der Waals surface area contributed by atoms with Crippen LogP contribution < -0.4 is 5.32 Å². The Morgan fingerprint density at radius 1 is 1.25 bits per heavy atom. The highest BCUT2D eigenvalue weighted by molar-refractivity contribution is 5.05. The van der Waals surface area contributed by atoms with Gasteiger partial charge in [-0.2, -0.15) is 5.26 Å². The maximum atomic E-state index is 9.06. The van der Waals surface area contributed by atoms with Crippen molar-refractivity contribution in [1.29, 1.82) is 5.26 Å². The summed E-state index contributed by atoms with van der Waals surface area (Å²) >= 11 is 0. The van der Waals surface area contributed by atoms with Crippen LogP contribution in [-0.2, 0) is 4.74 Å². The fraction of sp³-hybridized carbons (Fsp3) is 0.923. The van der Waals surface area contributed by atoms with Gasteiger partial charge in [-0.05, 0) is 10.8 Å². The molecule has 0 saturated carbocycles. The number of rotatable bonds is 4. The molecule has 92 valence electrons. The van der Waals surface area contributed by atoms with Crippen molar-refractivity contribution in [1.82, 2.24) is 5.32 Å². The molecule has 0 atom stereocenters. The van der Waals surface area contributed by atoms with E-state index in [0.717, 1.165) is 13.1 Å². The maximum Gasteiger partial charge on any atom is 0.116 e. The number of ether oxygens (including phenoxy) is 1. The van der Waals surface area contributed by atoms with E-state index in [1.165, 1.54) is 0 Å². The fourth-order valence-corrected chi connectivity index (χ4v) is 1.43. The predicted molar refractivity (Wildman–Crippen MR) is 65.0 cm³/mol. The molecule has 1 aliphatic rings. The Kier molecular flexibility index (Phi) is 3.66. The van der Waals surface area contributed by atoms with Gasteiger partial charge in [-0.1, -0.05) is 34.6 Å². The van der Waals surface area contributed by atoms with E-state index in [1.807, 2.05) is 0 Å². The SMILES string of the molecule is CC(C)(C)C(C)(C)CNCC1(C#N)COC1. The van der Waals surface area contributed by atoms with Crippen molar-refractivity contribution < 1.29 is 4.74 Å². The minimum atomic E-state index is -0.270. The first-order chi connectivity index (χ1) is 7.22. The first-order valence-corrected chi connectivity index (χ1v) is 5.92. The average Bonchev–Trinajstić information content (AvgIpc) is 2.07. The molecule has 1 N–H and O–H groups in total. The zero-order valence-electron chi connectivity index (χ0n) is 11.2. The standard InChI is InChI=1S/C13H24N2O/c1-11(2,3)12(4,5)7-15-8-13(6-14)9-16-10-13/h15H,7-10H2,1-5H3. The highest BCUT2D eigenvalue weighted by Gasteiger charge is 2.39. The van der Waals surface area contributed by atoms with Gasteiger partial charge in [0.15, 0.2) is 0 Å². The van der Waals surface area contributed by atoms with Crippen molar-refractivity contribution in [3.8, 4) is 6.07 Å². The molecule has 3 heteroatoms. The van der Waals surface area contributed by atoms with Crippen molar-refractivity contribution >= 4 is 0 Å². The van der Waals surface area contributed by atoms with Gasteiger partial charge in [0.25, 0.3) is 0 Å². The summed E-state index contributed by atoms with van der Waals surface area (Å²) in [5.41, 5.74) is 0.206. The van der Waals surface area contributed by atoms with Gasteiger partial charge in [0, 0.05) is 13.1 Å². The normalized spacial score (nSPS) is 20.0. The van der Waals surface area contributed by atoms with Gasteiger partial charge in [-0.25, -0.2) is 0 Å².